The van der Waals surface area contributed by atoms with Crippen LogP contribution in [-0.2, 0) is 17.7 Å². The summed E-state index contributed by atoms with van der Waals surface area (Å²) in [6, 6.07) is 15.8. The second-order valence-electron chi connectivity index (χ2n) is 10.0. The number of nitrogens with one attached hydrogen (secondary N) is 1. The monoisotopic (exact) mass is 537 g/mol. The third-order valence-corrected chi connectivity index (χ3v) is 8.20. The molecule has 5 rings (SSSR count). The smallest absolute Gasteiger partial charge is 0.335 e. The van der Waals surface area contributed by atoms with Crippen molar-refractivity contribution in [3.05, 3.63) is 82.3 Å². The number of aromatic nitrogens is 2. The average molecular weight is 538 g/mol. The van der Waals surface area contributed by atoms with Gasteiger partial charge in [-0.1, -0.05) is 37.3 Å². The highest BCUT2D eigenvalue weighted by Crippen LogP contribution is 2.45. The summed E-state index contributed by atoms with van der Waals surface area (Å²) in [5, 5.41) is 13.6. The van der Waals surface area contributed by atoms with E-state index in [4.69, 9.17) is 9.84 Å². The largest absolute Gasteiger partial charge is 0.486 e. The molecule has 2 aromatic carbocycles. The normalized spacial score (nSPS) is 17.7. The molecule has 2 N–H and O–H groups in total. The van der Waals surface area contributed by atoms with Gasteiger partial charge in [-0.05, 0) is 42.7 Å². The molecule has 1 aliphatic carbocycles. The van der Waals surface area contributed by atoms with Crippen LogP contribution in [-0.4, -0.2) is 62.2 Å². The second kappa shape index (κ2) is 11.1. The maximum absolute atomic E-state index is 13.5. The fraction of sp³-hybridized carbons (Fsp3) is 0.370. The van der Waals surface area contributed by atoms with E-state index in [1.807, 2.05) is 34.6 Å². The van der Waals surface area contributed by atoms with E-state index >= 15 is 0 Å². The van der Waals surface area contributed by atoms with Gasteiger partial charge < -0.3 is 14.7 Å². The number of hydrogen-bond donors (Lipinski definition) is 2. The molecule has 1 atom stereocenters. The van der Waals surface area contributed by atoms with Gasteiger partial charge in [-0.2, -0.15) is 9.78 Å². The fourth-order valence-corrected chi connectivity index (χ4v) is 5.26. The first-order valence-electron chi connectivity index (χ1n) is 12.6. The lowest BCUT2D eigenvalue weighted by molar-refractivity contribution is 0.0696. The first-order chi connectivity index (χ1) is 18.3. The molecule has 2 heterocycles. The predicted molar refractivity (Wildman–Crippen MR) is 145 cm³/mol. The van der Waals surface area contributed by atoms with Crippen molar-refractivity contribution >= 4 is 22.8 Å². The van der Waals surface area contributed by atoms with Crippen LogP contribution in [0, 0.1) is 5.41 Å². The standard InChI is InChI=1S/C27H31N5O5S/c1-27(10-11-27)19-37-24-23(18-28-32(25(24)33)22-8-3-2-4-9-22)30-12-14-31(15-13-30)38(36)29-17-20-6-5-7-21(16-20)26(34)35/h2-9,16,18,29H,10-15,17,19H2,1H3,(H,34,35). The number of carboxylic acids is 1. The molecule has 0 bridgehead atoms. The zero-order valence-corrected chi connectivity index (χ0v) is 22.0. The number of hydrogen-bond acceptors (Lipinski definition) is 6. The molecule has 2 aliphatic rings. The van der Waals surface area contributed by atoms with Gasteiger partial charge in [0.25, 0.3) is 0 Å². The Balaban J connectivity index is 1.26. The summed E-state index contributed by atoms with van der Waals surface area (Å²) in [6.45, 7) is 5.03. The van der Waals surface area contributed by atoms with Crippen LogP contribution < -0.4 is 19.9 Å². The molecule has 0 amide bonds. The molecule has 1 unspecified atom stereocenters. The Morgan fingerprint density at radius 3 is 2.53 bits per heavy atom. The van der Waals surface area contributed by atoms with Crippen LogP contribution in [0.3, 0.4) is 0 Å². The van der Waals surface area contributed by atoms with Crippen LogP contribution in [0.1, 0.15) is 35.7 Å². The zero-order valence-electron chi connectivity index (χ0n) is 21.2. The minimum absolute atomic E-state index is 0.107. The first kappa shape index (κ1) is 26.1. The first-order valence-corrected chi connectivity index (χ1v) is 13.7. The highest BCUT2D eigenvalue weighted by Gasteiger charge is 2.39. The zero-order chi connectivity index (χ0) is 26.7. The van der Waals surface area contributed by atoms with Gasteiger partial charge >= 0.3 is 11.5 Å². The van der Waals surface area contributed by atoms with E-state index in [0.29, 0.717) is 49.9 Å². The minimum Gasteiger partial charge on any atom is -0.486 e. The van der Waals surface area contributed by atoms with Gasteiger partial charge in [0.2, 0.25) is 5.75 Å². The Kier molecular flexibility index (Phi) is 7.59. The number of carbonyl (C=O) groups is 1. The molecule has 3 aromatic rings. The summed E-state index contributed by atoms with van der Waals surface area (Å²) >= 11 is -1.44. The molecular weight excluding hydrogens is 506 g/mol. The Hall–Kier alpha value is -3.54. The van der Waals surface area contributed by atoms with Crippen molar-refractivity contribution < 1.29 is 18.8 Å². The molecule has 1 aliphatic heterocycles. The van der Waals surface area contributed by atoms with E-state index in [9.17, 15) is 13.8 Å². The minimum atomic E-state index is -1.44. The van der Waals surface area contributed by atoms with Crippen LogP contribution in [0.2, 0.25) is 0 Å². The Morgan fingerprint density at radius 2 is 1.84 bits per heavy atom. The summed E-state index contributed by atoms with van der Waals surface area (Å²) in [4.78, 5) is 26.7. The van der Waals surface area contributed by atoms with E-state index < -0.39 is 17.1 Å². The van der Waals surface area contributed by atoms with Gasteiger partial charge in [0, 0.05) is 38.1 Å². The van der Waals surface area contributed by atoms with Crippen LogP contribution in [0.5, 0.6) is 5.75 Å². The third-order valence-electron chi connectivity index (χ3n) is 6.97. The number of para-hydroxylation sites is 1. The second-order valence-corrected chi connectivity index (χ2v) is 11.3. The van der Waals surface area contributed by atoms with Crippen LogP contribution in [0.25, 0.3) is 5.69 Å². The van der Waals surface area contributed by atoms with Gasteiger partial charge in [0.15, 0.2) is 11.2 Å². The molecule has 1 aromatic heterocycles. The highest BCUT2D eigenvalue weighted by atomic mass is 32.2. The van der Waals surface area contributed by atoms with Crippen LogP contribution in [0.4, 0.5) is 5.69 Å². The van der Waals surface area contributed by atoms with E-state index in [1.54, 1.807) is 24.4 Å². The molecule has 0 radical (unpaired) electrons. The number of aromatic carboxylic acids is 1. The molecule has 11 heteroatoms. The molecule has 2 fully saturated rings. The van der Waals surface area contributed by atoms with Crippen molar-refractivity contribution in [1.29, 1.82) is 0 Å². The lowest BCUT2D eigenvalue weighted by atomic mass is 10.1. The van der Waals surface area contributed by atoms with Gasteiger partial charge in [-0.25, -0.2) is 18.0 Å². The van der Waals surface area contributed by atoms with Crippen LogP contribution in [0.15, 0.2) is 65.6 Å². The summed E-state index contributed by atoms with van der Waals surface area (Å²) in [6.07, 6.45) is 3.84. The quantitative estimate of drug-likeness (QED) is 0.408. The van der Waals surface area contributed by atoms with E-state index in [0.717, 1.165) is 18.4 Å². The summed E-state index contributed by atoms with van der Waals surface area (Å²) in [5.74, 6) is -0.701. The van der Waals surface area contributed by atoms with Gasteiger partial charge in [-0.15, -0.1) is 0 Å². The number of piperazine rings is 1. The Bertz CT molecular complexity index is 1380. The molecular formula is C27H31N5O5S. The van der Waals surface area contributed by atoms with Crippen LogP contribution >= 0.6 is 0 Å². The van der Waals surface area contributed by atoms with Crippen molar-refractivity contribution in [3.8, 4) is 11.4 Å². The topological polar surface area (TPSA) is 117 Å². The Labute approximate surface area is 223 Å². The number of benzene rings is 2. The van der Waals surface area contributed by atoms with Crippen molar-refractivity contribution in [2.24, 2.45) is 5.41 Å². The summed E-state index contributed by atoms with van der Waals surface area (Å²) in [7, 11) is 0. The van der Waals surface area contributed by atoms with Gasteiger partial charge in [0.1, 0.15) is 5.69 Å². The number of ether oxygens (including phenoxy) is 1. The summed E-state index contributed by atoms with van der Waals surface area (Å²) < 4.78 is 25.2. The third kappa shape index (κ3) is 5.95. The predicted octanol–water partition coefficient (Wildman–Crippen LogP) is 2.60. The molecule has 1 saturated carbocycles. The molecule has 200 valence electrons. The van der Waals surface area contributed by atoms with Gasteiger partial charge in [-0.3, -0.25) is 4.79 Å². The van der Waals surface area contributed by atoms with Crippen molar-refractivity contribution in [2.75, 3.05) is 37.7 Å². The number of carboxylic acid groups (broad SMARTS) is 1. The molecule has 10 nitrogen and oxygen atoms in total. The summed E-state index contributed by atoms with van der Waals surface area (Å²) in [5.41, 5.74) is 2.07. The van der Waals surface area contributed by atoms with E-state index in [2.05, 4.69) is 21.6 Å². The SMILES string of the molecule is CC1(COc2c(N3CCN(S(=O)NCc4cccc(C(=O)O)c4)CC3)cnn(-c3ccccc3)c2=O)CC1. The number of anilines is 1. The molecule has 38 heavy (non-hydrogen) atoms. The lowest BCUT2D eigenvalue weighted by Gasteiger charge is -2.35. The number of nitrogens with zero attached hydrogens (tertiary/aromatic N) is 4. The molecule has 0 spiro atoms. The van der Waals surface area contributed by atoms with Crippen molar-refractivity contribution in [3.63, 3.8) is 0 Å². The maximum atomic E-state index is 13.5. The number of rotatable bonds is 10. The highest BCUT2D eigenvalue weighted by molar-refractivity contribution is 7.80. The van der Waals surface area contributed by atoms with E-state index in [-0.39, 0.29) is 23.1 Å². The maximum Gasteiger partial charge on any atom is 0.335 e. The fourth-order valence-electron chi connectivity index (χ4n) is 4.29. The van der Waals surface area contributed by atoms with Crippen molar-refractivity contribution in [1.82, 2.24) is 18.8 Å². The average Bonchev–Trinajstić information content (AvgIpc) is 3.68. The lowest BCUT2D eigenvalue weighted by Crippen LogP contribution is -2.49. The van der Waals surface area contributed by atoms with Crippen molar-refractivity contribution in [2.45, 2.75) is 26.3 Å². The van der Waals surface area contributed by atoms with Gasteiger partial charge in [0.05, 0.1) is 24.1 Å². The molecule has 1 saturated heterocycles. The van der Waals surface area contributed by atoms with E-state index in [1.165, 1.54) is 10.7 Å². The Morgan fingerprint density at radius 1 is 1.11 bits per heavy atom.